The van der Waals surface area contributed by atoms with Gasteiger partial charge >= 0.3 is 5.97 Å². The van der Waals surface area contributed by atoms with Gasteiger partial charge in [0.2, 0.25) is 5.91 Å². The van der Waals surface area contributed by atoms with Gasteiger partial charge in [-0.25, -0.2) is 4.79 Å². The van der Waals surface area contributed by atoms with Crippen molar-refractivity contribution in [3.8, 4) is 0 Å². The lowest BCUT2D eigenvalue weighted by atomic mass is 9.90. The smallest absolute Gasteiger partial charge is 0.329 e. The Hall–Kier alpha value is -2.04. The first-order valence-corrected chi connectivity index (χ1v) is 6.89. The largest absolute Gasteiger partial charge is 0.480 e. The molecule has 1 aliphatic carbocycles. The van der Waals surface area contributed by atoms with Gasteiger partial charge in [0.05, 0.1) is 6.26 Å². The van der Waals surface area contributed by atoms with Crippen molar-refractivity contribution < 1.29 is 19.1 Å². The number of nitrogens with one attached hydrogen (secondary N) is 1. The minimum atomic E-state index is -1.12. The van der Waals surface area contributed by atoms with Crippen LogP contribution in [-0.2, 0) is 9.59 Å². The van der Waals surface area contributed by atoms with Crippen LogP contribution in [-0.4, -0.2) is 22.5 Å². The number of carbonyl (C=O) groups is 2. The molecule has 0 saturated heterocycles. The van der Waals surface area contributed by atoms with Crippen LogP contribution in [0.15, 0.2) is 28.9 Å². The number of furan rings is 1. The van der Waals surface area contributed by atoms with Gasteiger partial charge in [-0.05, 0) is 31.1 Å². The molecule has 5 nitrogen and oxygen atoms in total. The van der Waals surface area contributed by atoms with Crippen molar-refractivity contribution in [3.63, 3.8) is 0 Å². The van der Waals surface area contributed by atoms with E-state index in [-0.39, 0.29) is 0 Å². The molecule has 1 fully saturated rings. The summed E-state index contributed by atoms with van der Waals surface area (Å²) >= 11 is 0. The van der Waals surface area contributed by atoms with Gasteiger partial charge in [0.15, 0.2) is 0 Å². The molecule has 1 heterocycles. The molecule has 1 saturated carbocycles. The fraction of sp³-hybridized carbons (Fsp3) is 0.467. The average molecular weight is 277 g/mol. The summed E-state index contributed by atoms with van der Waals surface area (Å²) < 4.78 is 5.08. The highest BCUT2D eigenvalue weighted by molar-refractivity contribution is 5.95. The summed E-state index contributed by atoms with van der Waals surface area (Å²) in [5.41, 5.74) is -1.12. The molecule has 2 N–H and O–H groups in total. The molecule has 20 heavy (non-hydrogen) atoms. The number of carbonyl (C=O) groups excluding carboxylic acids is 1. The number of carboxylic acids is 1. The van der Waals surface area contributed by atoms with Gasteiger partial charge in [-0.1, -0.05) is 25.7 Å². The molecule has 2 rings (SSSR count). The zero-order chi connectivity index (χ0) is 14.4. The quantitative estimate of drug-likeness (QED) is 0.655. The maximum absolute atomic E-state index is 11.9. The van der Waals surface area contributed by atoms with E-state index in [0.717, 1.165) is 25.7 Å². The Bertz CT molecular complexity index is 482. The first kappa shape index (κ1) is 14.4. The molecular formula is C15H19NO4. The average Bonchev–Trinajstić information content (AvgIpc) is 2.82. The normalized spacial score (nSPS) is 18.6. The van der Waals surface area contributed by atoms with Gasteiger partial charge in [0.25, 0.3) is 0 Å². The summed E-state index contributed by atoms with van der Waals surface area (Å²) in [6.45, 7) is 0. The van der Waals surface area contributed by atoms with Crippen LogP contribution in [0.2, 0.25) is 0 Å². The van der Waals surface area contributed by atoms with E-state index in [9.17, 15) is 14.7 Å². The van der Waals surface area contributed by atoms with E-state index < -0.39 is 17.4 Å². The Kier molecular flexibility index (Phi) is 4.61. The molecule has 1 aromatic heterocycles. The zero-order valence-electron chi connectivity index (χ0n) is 11.3. The standard InChI is InChI=1S/C15H19NO4/c17-13(8-7-12-6-5-11-20-12)16-15(14(18)19)9-3-1-2-4-10-15/h5-8,11H,1-4,9-10H2,(H,16,17)(H,18,19)/b8-7+. The molecule has 0 atom stereocenters. The summed E-state index contributed by atoms with van der Waals surface area (Å²) in [6.07, 6.45) is 9.03. The fourth-order valence-electron chi connectivity index (χ4n) is 2.55. The third-order valence-corrected chi connectivity index (χ3v) is 3.67. The zero-order valence-corrected chi connectivity index (χ0v) is 11.3. The van der Waals surface area contributed by atoms with Crippen molar-refractivity contribution in [2.45, 2.75) is 44.1 Å². The minimum Gasteiger partial charge on any atom is -0.480 e. The van der Waals surface area contributed by atoms with Gasteiger partial charge in [0, 0.05) is 6.08 Å². The van der Waals surface area contributed by atoms with Crippen molar-refractivity contribution in [3.05, 3.63) is 30.2 Å². The second-order valence-corrected chi connectivity index (χ2v) is 5.14. The van der Waals surface area contributed by atoms with Crippen molar-refractivity contribution >= 4 is 18.0 Å². The number of carboxylic acid groups (broad SMARTS) is 1. The van der Waals surface area contributed by atoms with E-state index >= 15 is 0 Å². The molecule has 0 bridgehead atoms. The van der Waals surface area contributed by atoms with Gasteiger partial charge in [0.1, 0.15) is 11.3 Å². The van der Waals surface area contributed by atoms with Crippen molar-refractivity contribution in [1.82, 2.24) is 5.32 Å². The van der Waals surface area contributed by atoms with Crippen LogP contribution in [0.4, 0.5) is 0 Å². The molecule has 5 heteroatoms. The lowest BCUT2D eigenvalue weighted by Crippen LogP contribution is -2.53. The van der Waals surface area contributed by atoms with Gasteiger partial charge in [-0.3, -0.25) is 4.79 Å². The van der Waals surface area contributed by atoms with E-state index in [4.69, 9.17) is 4.42 Å². The second-order valence-electron chi connectivity index (χ2n) is 5.14. The van der Waals surface area contributed by atoms with E-state index in [1.165, 1.54) is 18.4 Å². The lowest BCUT2D eigenvalue weighted by Gasteiger charge is -2.28. The molecule has 0 aliphatic heterocycles. The molecular weight excluding hydrogens is 258 g/mol. The predicted octanol–water partition coefficient (Wildman–Crippen LogP) is 2.59. The van der Waals surface area contributed by atoms with Crippen molar-refractivity contribution in [2.75, 3.05) is 0 Å². The molecule has 0 spiro atoms. The Balaban J connectivity index is 2.04. The van der Waals surface area contributed by atoms with Gasteiger partial charge < -0.3 is 14.8 Å². The highest BCUT2D eigenvalue weighted by Crippen LogP contribution is 2.27. The predicted molar refractivity (Wildman–Crippen MR) is 74.0 cm³/mol. The minimum absolute atomic E-state index is 0.397. The van der Waals surface area contributed by atoms with E-state index in [1.807, 2.05) is 0 Å². The number of rotatable bonds is 4. The molecule has 0 aromatic carbocycles. The summed E-state index contributed by atoms with van der Waals surface area (Å²) in [4.78, 5) is 23.5. The van der Waals surface area contributed by atoms with Crippen LogP contribution in [0.3, 0.4) is 0 Å². The van der Waals surface area contributed by atoms with Crippen molar-refractivity contribution in [1.29, 1.82) is 0 Å². The second kappa shape index (κ2) is 6.41. The topological polar surface area (TPSA) is 79.5 Å². The fourth-order valence-corrected chi connectivity index (χ4v) is 2.55. The van der Waals surface area contributed by atoms with Crippen LogP contribution in [0, 0.1) is 0 Å². The van der Waals surface area contributed by atoms with Crippen LogP contribution in [0.1, 0.15) is 44.3 Å². The van der Waals surface area contributed by atoms with Crippen LogP contribution < -0.4 is 5.32 Å². The third-order valence-electron chi connectivity index (χ3n) is 3.67. The molecule has 108 valence electrons. The Morgan fingerprint density at radius 3 is 2.50 bits per heavy atom. The Morgan fingerprint density at radius 1 is 1.25 bits per heavy atom. The molecule has 0 unspecified atom stereocenters. The van der Waals surface area contributed by atoms with Crippen LogP contribution >= 0.6 is 0 Å². The summed E-state index contributed by atoms with van der Waals surface area (Å²) in [7, 11) is 0. The summed E-state index contributed by atoms with van der Waals surface area (Å²) in [5, 5.41) is 12.1. The number of amides is 1. The van der Waals surface area contributed by atoms with Gasteiger partial charge in [-0.2, -0.15) is 0 Å². The summed E-state index contributed by atoms with van der Waals surface area (Å²) in [6, 6.07) is 3.45. The number of hydrogen-bond acceptors (Lipinski definition) is 3. The molecule has 0 radical (unpaired) electrons. The van der Waals surface area contributed by atoms with E-state index in [0.29, 0.717) is 18.6 Å². The maximum atomic E-state index is 11.9. The van der Waals surface area contributed by atoms with E-state index in [2.05, 4.69) is 5.32 Å². The van der Waals surface area contributed by atoms with Crippen LogP contribution in [0.25, 0.3) is 6.08 Å². The number of hydrogen-bond donors (Lipinski definition) is 2. The third kappa shape index (κ3) is 3.50. The lowest BCUT2D eigenvalue weighted by molar-refractivity contribution is -0.147. The Labute approximate surface area is 117 Å². The van der Waals surface area contributed by atoms with E-state index in [1.54, 1.807) is 12.1 Å². The maximum Gasteiger partial charge on any atom is 0.329 e. The molecule has 1 aromatic rings. The SMILES string of the molecule is O=C(/C=C/c1ccco1)NC1(C(=O)O)CCCCCC1. The highest BCUT2D eigenvalue weighted by Gasteiger charge is 2.39. The molecule has 1 amide bonds. The van der Waals surface area contributed by atoms with Crippen molar-refractivity contribution in [2.24, 2.45) is 0 Å². The van der Waals surface area contributed by atoms with Gasteiger partial charge in [-0.15, -0.1) is 0 Å². The first-order chi connectivity index (χ1) is 9.62. The first-order valence-electron chi connectivity index (χ1n) is 6.89. The number of aliphatic carboxylic acids is 1. The Morgan fingerprint density at radius 2 is 1.95 bits per heavy atom. The van der Waals surface area contributed by atoms with Crippen LogP contribution in [0.5, 0.6) is 0 Å². The molecule has 1 aliphatic rings. The monoisotopic (exact) mass is 277 g/mol. The highest BCUT2D eigenvalue weighted by atomic mass is 16.4. The summed E-state index contributed by atoms with van der Waals surface area (Å²) in [5.74, 6) is -0.782.